The van der Waals surface area contributed by atoms with Crippen LogP contribution in [0.4, 0.5) is 4.39 Å². The summed E-state index contributed by atoms with van der Waals surface area (Å²) in [5, 5.41) is 0.384. The van der Waals surface area contributed by atoms with Crippen molar-refractivity contribution >= 4 is 17.5 Å². The average Bonchev–Trinajstić information content (AvgIpc) is 2.60. The summed E-state index contributed by atoms with van der Waals surface area (Å²) in [6.45, 7) is 4.77. The van der Waals surface area contributed by atoms with Crippen molar-refractivity contribution in [3.8, 4) is 0 Å². The predicted octanol–water partition coefficient (Wildman–Crippen LogP) is 3.35. The standard InChI is InChI=1S/C13H15ClFNO/c1-8-5-9(2)16(7-8)13(17)11-6-10(14)3-4-12(11)15/h3-4,6,8-9H,5,7H2,1-2H3. The number of hydrogen-bond donors (Lipinski definition) is 0. The fourth-order valence-electron chi connectivity index (χ4n) is 2.40. The van der Waals surface area contributed by atoms with Gasteiger partial charge >= 0.3 is 0 Å². The van der Waals surface area contributed by atoms with Crippen molar-refractivity contribution in [3.05, 3.63) is 34.6 Å². The molecule has 1 aliphatic rings. The number of carbonyl (C=O) groups excluding carboxylic acids is 1. The zero-order chi connectivity index (χ0) is 12.6. The third-order valence-electron chi connectivity index (χ3n) is 3.20. The minimum atomic E-state index is -0.508. The maximum atomic E-state index is 13.6. The molecule has 4 heteroatoms. The van der Waals surface area contributed by atoms with Gasteiger partial charge in [-0.25, -0.2) is 4.39 Å². The maximum Gasteiger partial charge on any atom is 0.257 e. The van der Waals surface area contributed by atoms with Gasteiger partial charge in [0, 0.05) is 17.6 Å². The molecular formula is C13H15ClFNO. The molecule has 92 valence electrons. The highest BCUT2D eigenvalue weighted by molar-refractivity contribution is 6.31. The zero-order valence-electron chi connectivity index (χ0n) is 9.91. The number of nitrogens with zero attached hydrogens (tertiary/aromatic N) is 1. The van der Waals surface area contributed by atoms with Gasteiger partial charge in [0.15, 0.2) is 0 Å². The van der Waals surface area contributed by atoms with E-state index in [0.717, 1.165) is 6.42 Å². The average molecular weight is 256 g/mol. The number of rotatable bonds is 1. The quantitative estimate of drug-likeness (QED) is 0.754. The second kappa shape index (κ2) is 4.65. The first kappa shape index (κ1) is 12.4. The van der Waals surface area contributed by atoms with E-state index in [1.54, 1.807) is 4.90 Å². The van der Waals surface area contributed by atoms with Crippen molar-refractivity contribution in [2.24, 2.45) is 5.92 Å². The van der Waals surface area contributed by atoms with Gasteiger partial charge in [0.05, 0.1) is 5.56 Å². The summed E-state index contributed by atoms with van der Waals surface area (Å²) in [5.41, 5.74) is 0.0680. The van der Waals surface area contributed by atoms with Crippen LogP contribution in [0.1, 0.15) is 30.6 Å². The molecule has 1 fully saturated rings. The number of amides is 1. The summed E-state index contributed by atoms with van der Waals surface area (Å²) in [6, 6.07) is 4.24. The Morgan fingerprint density at radius 2 is 2.18 bits per heavy atom. The largest absolute Gasteiger partial charge is 0.336 e. The van der Waals surface area contributed by atoms with Crippen LogP contribution in [0, 0.1) is 11.7 Å². The lowest BCUT2D eigenvalue weighted by molar-refractivity contribution is 0.0739. The molecule has 2 atom stereocenters. The molecule has 17 heavy (non-hydrogen) atoms. The first-order valence-corrected chi connectivity index (χ1v) is 6.13. The number of carbonyl (C=O) groups is 1. The molecule has 0 aliphatic carbocycles. The topological polar surface area (TPSA) is 20.3 Å². The van der Waals surface area contributed by atoms with Crippen LogP contribution in [0.5, 0.6) is 0 Å². The second-order valence-electron chi connectivity index (χ2n) is 4.77. The first-order chi connectivity index (χ1) is 7.99. The molecule has 0 bridgehead atoms. The van der Waals surface area contributed by atoms with Crippen LogP contribution in [-0.2, 0) is 0 Å². The minimum Gasteiger partial charge on any atom is -0.336 e. The van der Waals surface area contributed by atoms with E-state index >= 15 is 0 Å². The third-order valence-corrected chi connectivity index (χ3v) is 3.44. The zero-order valence-corrected chi connectivity index (χ0v) is 10.7. The molecule has 1 amide bonds. The van der Waals surface area contributed by atoms with Crippen molar-refractivity contribution < 1.29 is 9.18 Å². The van der Waals surface area contributed by atoms with Gasteiger partial charge in [0.25, 0.3) is 5.91 Å². The molecule has 0 saturated carbocycles. The number of hydrogen-bond acceptors (Lipinski definition) is 1. The summed E-state index contributed by atoms with van der Waals surface area (Å²) >= 11 is 5.80. The van der Waals surface area contributed by atoms with E-state index < -0.39 is 5.82 Å². The van der Waals surface area contributed by atoms with Crippen LogP contribution in [0.3, 0.4) is 0 Å². The fourth-order valence-corrected chi connectivity index (χ4v) is 2.57. The van der Waals surface area contributed by atoms with Crippen LogP contribution >= 0.6 is 11.6 Å². The van der Waals surface area contributed by atoms with Gasteiger partial charge in [-0.3, -0.25) is 4.79 Å². The molecule has 0 spiro atoms. The van der Waals surface area contributed by atoms with Crippen LogP contribution in [0.15, 0.2) is 18.2 Å². The van der Waals surface area contributed by atoms with Gasteiger partial charge in [-0.15, -0.1) is 0 Å². The highest BCUT2D eigenvalue weighted by Gasteiger charge is 2.31. The molecule has 1 aromatic rings. The number of benzene rings is 1. The van der Waals surface area contributed by atoms with E-state index in [4.69, 9.17) is 11.6 Å². The van der Waals surface area contributed by atoms with E-state index in [0.29, 0.717) is 17.5 Å². The van der Waals surface area contributed by atoms with Crippen LogP contribution in [-0.4, -0.2) is 23.4 Å². The second-order valence-corrected chi connectivity index (χ2v) is 5.21. The Kier molecular flexibility index (Phi) is 3.38. The first-order valence-electron chi connectivity index (χ1n) is 5.75. The molecule has 2 rings (SSSR count). The van der Waals surface area contributed by atoms with Gasteiger partial charge < -0.3 is 4.90 Å². The summed E-state index contributed by atoms with van der Waals surface area (Å²) in [6.07, 6.45) is 0.966. The van der Waals surface area contributed by atoms with Crippen molar-refractivity contribution in [2.45, 2.75) is 26.3 Å². The fraction of sp³-hybridized carbons (Fsp3) is 0.462. The molecule has 2 nitrogen and oxygen atoms in total. The van der Waals surface area contributed by atoms with Crippen molar-refractivity contribution in [3.63, 3.8) is 0 Å². The minimum absolute atomic E-state index is 0.0680. The van der Waals surface area contributed by atoms with Gasteiger partial charge in [0.2, 0.25) is 0 Å². The summed E-state index contributed by atoms with van der Waals surface area (Å²) in [5.74, 6) is -0.302. The molecule has 0 radical (unpaired) electrons. The number of halogens is 2. The molecule has 1 aromatic carbocycles. The SMILES string of the molecule is CC1CC(C)N(C(=O)c2cc(Cl)ccc2F)C1. The van der Waals surface area contributed by atoms with Gasteiger partial charge in [-0.2, -0.15) is 0 Å². The van der Waals surface area contributed by atoms with Gasteiger partial charge in [0.1, 0.15) is 5.82 Å². The Morgan fingerprint density at radius 3 is 2.76 bits per heavy atom. The van der Waals surface area contributed by atoms with Crippen LogP contribution in [0.25, 0.3) is 0 Å². The van der Waals surface area contributed by atoms with Gasteiger partial charge in [-0.05, 0) is 37.5 Å². The maximum absolute atomic E-state index is 13.6. The molecule has 0 N–H and O–H groups in total. The lowest BCUT2D eigenvalue weighted by Gasteiger charge is -2.21. The van der Waals surface area contributed by atoms with Crippen LogP contribution < -0.4 is 0 Å². The predicted molar refractivity (Wildman–Crippen MR) is 65.7 cm³/mol. The van der Waals surface area contributed by atoms with E-state index in [9.17, 15) is 9.18 Å². The molecular weight excluding hydrogens is 241 g/mol. The van der Waals surface area contributed by atoms with Crippen molar-refractivity contribution in [1.29, 1.82) is 0 Å². The van der Waals surface area contributed by atoms with E-state index in [2.05, 4.69) is 6.92 Å². The summed E-state index contributed by atoms with van der Waals surface area (Å²) < 4.78 is 13.6. The third kappa shape index (κ3) is 2.44. The monoisotopic (exact) mass is 255 g/mol. The smallest absolute Gasteiger partial charge is 0.257 e. The van der Waals surface area contributed by atoms with E-state index in [-0.39, 0.29) is 17.5 Å². The lowest BCUT2D eigenvalue weighted by atomic mass is 10.1. The normalized spacial score (nSPS) is 24.1. The Labute approximate surface area is 105 Å². The molecule has 1 aliphatic heterocycles. The molecule has 1 heterocycles. The molecule has 1 saturated heterocycles. The molecule has 2 unspecified atom stereocenters. The summed E-state index contributed by atoms with van der Waals surface area (Å²) in [7, 11) is 0. The van der Waals surface area contributed by atoms with Gasteiger partial charge in [-0.1, -0.05) is 18.5 Å². The van der Waals surface area contributed by atoms with Crippen molar-refractivity contribution in [2.75, 3.05) is 6.54 Å². The lowest BCUT2D eigenvalue weighted by Crippen LogP contribution is -2.34. The Bertz CT molecular complexity index is 449. The Balaban J connectivity index is 2.28. The summed E-state index contributed by atoms with van der Waals surface area (Å²) in [4.78, 5) is 13.9. The highest BCUT2D eigenvalue weighted by Crippen LogP contribution is 2.26. The van der Waals surface area contributed by atoms with E-state index in [1.165, 1.54) is 18.2 Å². The van der Waals surface area contributed by atoms with Crippen LogP contribution in [0.2, 0.25) is 5.02 Å². The van der Waals surface area contributed by atoms with Crippen molar-refractivity contribution in [1.82, 2.24) is 4.90 Å². The number of likely N-dealkylation sites (tertiary alicyclic amines) is 1. The van der Waals surface area contributed by atoms with E-state index in [1.807, 2.05) is 6.92 Å². The Hall–Kier alpha value is -1.09. The molecule has 0 aromatic heterocycles. The Morgan fingerprint density at radius 1 is 1.47 bits per heavy atom. The highest BCUT2D eigenvalue weighted by atomic mass is 35.5.